The summed E-state index contributed by atoms with van der Waals surface area (Å²) in [7, 11) is 0. The average molecular weight is 391 g/mol. The second kappa shape index (κ2) is 10.9. The Balaban J connectivity index is 1.29. The highest BCUT2D eigenvalue weighted by Gasteiger charge is 2.25. The van der Waals surface area contributed by atoms with Gasteiger partial charge in [0, 0.05) is 19.0 Å². The predicted octanol–water partition coefficient (Wildman–Crippen LogP) is 3.79. The molecule has 156 valence electrons. The predicted molar refractivity (Wildman–Crippen MR) is 110 cm³/mol. The minimum absolute atomic E-state index is 0.0798. The smallest absolute Gasteiger partial charge is 0.223 e. The zero-order valence-corrected chi connectivity index (χ0v) is 17.2. The number of ether oxygens (including phenoxy) is 1. The van der Waals surface area contributed by atoms with Crippen LogP contribution in [0, 0.1) is 17.7 Å². The van der Waals surface area contributed by atoms with E-state index in [9.17, 15) is 9.18 Å². The molecule has 1 heterocycles. The first kappa shape index (κ1) is 21.3. The quantitative estimate of drug-likeness (QED) is 0.734. The maximum Gasteiger partial charge on any atom is 0.223 e. The van der Waals surface area contributed by atoms with Gasteiger partial charge in [0.1, 0.15) is 5.82 Å². The highest BCUT2D eigenvalue weighted by Crippen LogP contribution is 2.26. The molecule has 1 saturated carbocycles. The van der Waals surface area contributed by atoms with Crippen LogP contribution in [0.4, 0.5) is 4.39 Å². The first-order valence-corrected chi connectivity index (χ1v) is 11.0. The second-order valence-electron chi connectivity index (χ2n) is 8.42. The van der Waals surface area contributed by atoms with Crippen molar-refractivity contribution in [3.63, 3.8) is 0 Å². The summed E-state index contributed by atoms with van der Waals surface area (Å²) in [5.74, 6) is 0.682. The minimum Gasteiger partial charge on any atom is -0.377 e. The number of carbonyl (C=O) groups excluding carboxylic acids is 1. The largest absolute Gasteiger partial charge is 0.377 e. The molecule has 2 unspecified atom stereocenters. The summed E-state index contributed by atoms with van der Waals surface area (Å²) < 4.78 is 19.8. The fourth-order valence-electron chi connectivity index (χ4n) is 4.45. The Morgan fingerprint density at radius 3 is 2.68 bits per heavy atom. The van der Waals surface area contributed by atoms with Gasteiger partial charge in [-0.2, -0.15) is 0 Å². The van der Waals surface area contributed by atoms with Gasteiger partial charge in [0.05, 0.1) is 12.7 Å². The number of hydrogen-bond acceptors (Lipinski definition) is 3. The summed E-state index contributed by atoms with van der Waals surface area (Å²) in [6, 6.07) is 6.75. The van der Waals surface area contributed by atoms with Crippen molar-refractivity contribution < 1.29 is 13.9 Å². The topological polar surface area (TPSA) is 41.6 Å². The van der Waals surface area contributed by atoms with E-state index in [1.54, 1.807) is 12.1 Å². The maximum absolute atomic E-state index is 13.6. The first-order chi connectivity index (χ1) is 13.6. The number of likely N-dealkylation sites (tertiary alicyclic amines) is 1. The number of nitrogens with one attached hydrogen (secondary N) is 1. The van der Waals surface area contributed by atoms with Gasteiger partial charge in [-0.25, -0.2) is 4.39 Å². The summed E-state index contributed by atoms with van der Waals surface area (Å²) in [6.45, 7) is 6.47. The number of benzene rings is 1. The third-order valence-electron chi connectivity index (χ3n) is 6.38. The van der Waals surface area contributed by atoms with Gasteiger partial charge in [0.15, 0.2) is 0 Å². The molecule has 1 aliphatic carbocycles. The number of carbonyl (C=O) groups is 1. The Bertz CT molecular complexity index is 616. The van der Waals surface area contributed by atoms with Crippen molar-refractivity contribution in [2.45, 2.75) is 58.0 Å². The fourth-order valence-corrected chi connectivity index (χ4v) is 4.45. The standard InChI is InChI=1S/C23H35FN2O2/c1-18-6-2-5-9-22(18)28-17-16-26-14-11-20(12-15-26)23(27)25-13-10-19-7-3-4-8-21(19)24/h3-4,7-8,18,20,22H,2,5-6,9-17H2,1H3,(H,25,27). The summed E-state index contributed by atoms with van der Waals surface area (Å²) in [6.07, 6.45) is 7.90. The molecule has 1 aliphatic heterocycles. The summed E-state index contributed by atoms with van der Waals surface area (Å²) in [5.41, 5.74) is 0.657. The molecule has 1 saturated heterocycles. The van der Waals surface area contributed by atoms with Gasteiger partial charge < -0.3 is 15.0 Å². The van der Waals surface area contributed by atoms with Crippen LogP contribution in [-0.4, -0.2) is 49.7 Å². The van der Waals surface area contributed by atoms with Crippen LogP contribution >= 0.6 is 0 Å². The van der Waals surface area contributed by atoms with Crippen LogP contribution in [0.15, 0.2) is 24.3 Å². The molecule has 2 aliphatic rings. The SMILES string of the molecule is CC1CCCCC1OCCN1CCC(C(=O)NCCc2ccccc2F)CC1. The molecule has 28 heavy (non-hydrogen) atoms. The number of hydrogen-bond donors (Lipinski definition) is 1. The lowest BCUT2D eigenvalue weighted by molar-refractivity contribution is -0.126. The highest BCUT2D eigenvalue weighted by atomic mass is 19.1. The monoisotopic (exact) mass is 390 g/mol. The van der Waals surface area contributed by atoms with Crippen molar-refractivity contribution in [3.05, 3.63) is 35.6 Å². The molecular weight excluding hydrogens is 355 g/mol. The maximum atomic E-state index is 13.6. The molecule has 5 heteroatoms. The first-order valence-electron chi connectivity index (χ1n) is 11.0. The molecule has 4 nitrogen and oxygen atoms in total. The van der Waals surface area contributed by atoms with E-state index in [0.29, 0.717) is 30.6 Å². The van der Waals surface area contributed by atoms with Gasteiger partial charge in [-0.3, -0.25) is 4.79 Å². The highest BCUT2D eigenvalue weighted by molar-refractivity contribution is 5.78. The van der Waals surface area contributed by atoms with Crippen LogP contribution in [0.1, 0.15) is 51.0 Å². The van der Waals surface area contributed by atoms with Crippen LogP contribution in [0.3, 0.4) is 0 Å². The van der Waals surface area contributed by atoms with Gasteiger partial charge in [0.2, 0.25) is 5.91 Å². The Morgan fingerprint density at radius 2 is 1.93 bits per heavy atom. The minimum atomic E-state index is -0.199. The zero-order valence-electron chi connectivity index (χ0n) is 17.2. The normalized spacial score (nSPS) is 24.2. The molecule has 1 amide bonds. The molecule has 0 spiro atoms. The van der Waals surface area contributed by atoms with E-state index in [2.05, 4.69) is 17.1 Å². The van der Waals surface area contributed by atoms with E-state index in [1.807, 2.05) is 6.07 Å². The molecule has 1 aromatic rings. The Morgan fingerprint density at radius 1 is 1.18 bits per heavy atom. The van der Waals surface area contributed by atoms with Gasteiger partial charge in [-0.15, -0.1) is 0 Å². The number of amides is 1. The Hall–Kier alpha value is -1.46. The van der Waals surface area contributed by atoms with Crippen molar-refractivity contribution in [2.24, 2.45) is 11.8 Å². The number of piperidine rings is 1. The third kappa shape index (κ3) is 6.28. The second-order valence-corrected chi connectivity index (χ2v) is 8.42. The van der Waals surface area contributed by atoms with Crippen molar-refractivity contribution in [1.82, 2.24) is 10.2 Å². The number of rotatable bonds is 8. The lowest BCUT2D eigenvalue weighted by Crippen LogP contribution is -2.42. The molecule has 1 N–H and O–H groups in total. The van der Waals surface area contributed by atoms with E-state index in [4.69, 9.17) is 4.74 Å². The lowest BCUT2D eigenvalue weighted by Gasteiger charge is -2.33. The summed E-state index contributed by atoms with van der Waals surface area (Å²) in [5, 5.41) is 2.99. The van der Waals surface area contributed by atoms with Crippen LogP contribution in [0.2, 0.25) is 0 Å². The van der Waals surface area contributed by atoms with Crippen LogP contribution in [0.25, 0.3) is 0 Å². The number of nitrogens with zero attached hydrogens (tertiary/aromatic N) is 1. The van der Waals surface area contributed by atoms with Crippen LogP contribution in [-0.2, 0) is 16.0 Å². The van der Waals surface area contributed by atoms with Crippen molar-refractivity contribution in [3.8, 4) is 0 Å². The molecule has 0 aromatic heterocycles. The third-order valence-corrected chi connectivity index (χ3v) is 6.38. The average Bonchev–Trinajstić information content (AvgIpc) is 2.71. The van der Waals surface area contributed by atoms with E-state index in [-0.39, 0.29) is 17.6 Å². The lowest BCUT2D eigenvalue weighted by atomic mass is 9.88. The van der Waals surface area contributed by atoms with Gasteiger partial charge >= 0.3 is 0 Å². The van der Waals surface area contributed by atoms with Crippen molar-refractivity contribution in [1.29, 1.82) is 0 Å². The van der Waals surface area contributed by atoms with Crippen LogP contribution < -0.4 is 5.32 Å². The van der Waals surface area contributed by atoms with Crippen molar-refractivity contribution in [2.75, 3.05) is 32.8 Å². The van der Waals surface area contributed by atoms with Crippen LogP contribution in [0.5, 0.6) is 0 Å². The molecule has 1 aromatic carbocycles. The van der Waals surface area contributed by atoms with E-state index in [1.165, 1.54) is 31.7 Å². The van der Waals surface area contributed by atoms with E-state index in [0.717, 1.165) is 39.1 Å². The molecular formula is C23H35FN2O2. The summed E-state index contributed by atoms with van der Waals surface area (Å²) in [4.78, 5) is 14.8. The molecule has 2 atom stereocenters. The fraction of sp³-hybridized carbons (Fsp3) is 0.696. The Kier molecular flexibility index (Phi) is 8.28. The van der Waals surface area contributed by atoms with Gasteiger partial charge in [-0.1, -0.05) is 38.0 Å². The Labute approximate surface area is 168 Å². The van der Waals surface area contributed by atoms with Gasteiger partial charge in [0.25, 0.3) is 0 Å². The molecule has 3 rings (SSSR count). The van der Waals surface area contributed by atoms with E-state index >= 15 is 0 Å². The van der Waals surface area contributed by atoms with E-state index < -0.39 is 0 Å². The summed E-state index contributed by atoms with van der Waals surface area (Å²) >= 11 is 0. The molecule has 2 fully saturated rings. The zero-order chi connectivity index (χ0) is 19.8. The number of halogens is 1. The van der Waals surface area contributed by atoms with Gasteiger partial charge in [-0.05, 0) is 62.7 Å². The molecule has 0 radical (unpaired) electrons. The van der Waals surface area contributed by atoms with Crippen molar-refractivity contribution >= 4 is 5.91 Å². The molecule has 0 bridgehead atoms.